The van der Waals surface area contributed by atoms with Crippen molar-refractivity contribution in [3.05, 3.63) is 41.6 Å². The molecule has 3 rings (SSSR count). The number of benzene rings is 1. The lowest BCUT2D eigenvalue weighted by Gasteiger charge is -2.13. The van der Waals surface area contributed by atoms with Crippen LogP contribution in [0.3, 0.4) is 0 Å². The van der Waals surface area contributed by atoms with Crippen molar-refractivity contribution in [1.29, 1.82) is 0 Å². The summed E-state index contributed by atoms with van der Waals surface area (Å²) in [6.45, 7) is 1.73. The van der Waals surface area contributed by atoms with Crippen molar-refractivity contribution < 1.29 is 23.4 Å². The molecule has 0 saturated heterocycles. The van der Waals surface area contributed by atoms with Crippen LogP contribution in [0.4, 0.5) is 13.2 Å². The standard InChI is InChI=1S/C16H14F3N3O2/c1-9-6-11(16(17,18)19)7-13(24)14(9)12-3-2-10-8-22(4-5-23)21-15(10)20-12/h2-3,6-8,23-24H,4-5H2,1H3. The summed E-state index contributed by atoms with van der Waals surface area (Å²) in [5, 5.41) is 23.9. The van der Waals surface area contributed by atoms with Crippen molar-refractivity contribution in [2.75, 3.05) is 6.61 Å². The number of aromatic nitrogens is 3. The van der Waals surface area contributed by atoms with Crippen LogP contribution in [-0.2, 0) is 12.7 Å². The Labute approximate surface area is 135 Å². The molecule has 8 heteroatoms. The largest absolute Gasteiger partial charge is 0.507 e. The first-order valence-corrected chi connectivity index (χ1v) is 7.16. The van der Waals surface area contributed by atoms with Crippen LogP contribution in [0.25, 0.3) is 22.3 Å². The monoisotopic (exact) mass is 337 g/mol. The second kappa shape index (κ2) is 5.79. The first-order valence-electron chi connectivity index (χ1n) is 7.16. The second-order valence-electron chi connectivity index (χ2n) is 5.41. The third-order valence-electron chi connectivity index (χ3n) is 3.64. The summed E-state index contributed by atoms with van der Waals surface area (Å²) in [6, 6.07) is 5.00. The number of aliphatic hydroxyl groups excluding tert-OH is 1. The summed E-state index contributed by atoms with van der Waals surface area (Å²) in [5.74, 6) is -0.482. The van der Waals surface area contributed by atoms with E-state index in [9.17, 15) is 18.3 Å². The molecule has 2 N–H and O–H groups in total. The molecule has 2 aromatic heterocycles. The van der Waals surface area contributed by atoms with E-state index in [1.165, 1.54) is 11.6 Å². The zero-order chi connectivity index (χ0) is 17.5. The van der Waals surface area contributed by atoms with Gasteiger partial charge in [-0.3, -0.25) is 4.68 Å². The number of halogens is 3. The minimum atomic E-state index is -4.53. The quantitative estimate of drug-likeness (QED) is 0.770. The van der Waals surface area contributed by atoms with Crippen LogP contribution in [0.5, 0.6) is 5.75 Å². The Kier molecular flexibility index (Phi) is 3.92. The molecule has 126 valence electrons. The molecule has 3 aromatic rings. The summed E-state index contributed by atoms with van der Waals surface area (Å²) < 4.78 is 39.9. The maximum Gasteiger partial charge on any atom is 0.416 e. The number of rotatable bonds is 3. The van der Waals surface area contributed by atoms with Gasteiger partial charge in [0.2, 0.25) is 0 Å². The van der Waals surface area contributed by atoms with E-state index in [0.29, 0.717) is 24.0 Å². The lowest BCUT2D eigenvalue weighted by molar-refractivity contribution is -0.137. The number of aliphatic hydroxyl groups is 1. The number of hydrogen-bond acceptors (Lipinski definition) is 4. The molecule has 0 atom stereocenters. The number of alkyl halides is 3. The SMILES string of the molecule is Cc1cc(C(F)(F)F)cc(O)c1-c1ccc2cn(CCO)nc2n1. The minimum Gasteiger partial charge on any atom is -0.507 e. The number of aryl methyl sites for hydroxylation is 1. The lowest BCUT2D eigenvalue weighted by atomic mass is 10.00. The smallest absolute Gasteiger partial charge is 0.416 e. The predicted octanol–water partition coefficient (Wildman–Crippen LogP) is 3.12. The average molecular weight is 337 g/mol. The Hall–Kier alpha value is -2.61. The van der Waals surface area contributed by atoms with Crippen LogP contribution < -0.4 is 0 Å². The van der Waals surface area contributed by atoms with Gasteiger partial charge in [-0.1, -0.05) is 0 Å². The fourth-order valence-electron chi connectivity index (χ4n) is 2.57. The molecule has 0 saturated carbocycles. The van der Waals surface area contributed by atoms with Gasteiger partial charge in [0.1, 0.15) is 5.75 Å². The average Bonchev–Trinajstić information content (AvgIpc) is 2.87. The van der Waals surface area contributed by atoms with Gasteiger partial charge < -0.3 is 10.2 Å². The van der Waals surface area contributed by atoms with Crippen LogP contribution in [0.2, 0.25) is 0 Å². The normalized spacial score (nSPS) is 12.0. The Balaban J connectivity index is 2.10. The summed E-state index contributed by atoms with van der Waals surface area (Å²) in [5.41, 5.74) is 0.320. The maximum absolute atomic E-state index is 12.8. The highest BCUT2D eigenvalue weighted by Gasteiger charge is 2.32. The van der Waals surface area contributed by atoms with Crippen LogP contribution >= 0.6 is 0 Å². The van der Waals surface area contributed by atoms with Gasteiger partial charge in [-0.2, -0.15) is 18.3 Å². The Bertz CT molecular complexity index is 880. The molecule has 24 heavy (non-hydrogen) atoms. The topological polar surface area (TPSA) is 71.2 Å². The minimum absolute atomic E-state index is 0.0698. The molecule has 0 spiro atoms. The van der Waals surface area contributed by atoms with Gasteiger partial charge in [0.25, 0.3) is 0 Å². The molecule has 1 aromatic carbocycles. The summed E-state index contributed by atoms with van der Waals surface area (Å²) >= 11 is 0. The van der Waals surface area contributed by atoms with Gasteiger partial charge in [-0.25, -0.2) is 4.98 Å². The van der Waals surface area contributed by atoms with Crippen molar-refractivity contribution in [1.82, 2.24) is 14.8 Å². The Morgan fingerprint density at radius 1 is 1.21 bits per heavy atom. The molecular weight excluding hydrogens is 323 g/mol. The fourth-order valence-corrected chi connectivity index (χ4v) is 2.57. The third kappa shape index (κ3) is 2.92. The van der Waals surface area contributed by atoms with Crippen LogP contribution in [0, 0.1) is 6.92 Å². The van der Waals surface area contributed by atoms with Gasteiger partial charge in [0, 0.05) is 17.1 Å². The first kappa shape index (κ1) is 16.3. The van der Waals surface area contributed by atoms with Crippen molar-refractivity contribution in [2.45, 2.75) is 19.6 Å². The maximum atomic E-state index is 12.8. The summed E-state index contributed by atoms with van der Waals surface area (Å²) in [6.07, 6.45) is -2.82. The van der Waals surface area contributed by atoms with Gasteiger partial charge in [0.05, 0.1) is 24.4 Å². The second-order valence-corrected chi connectivity index (χ2v) is 5.41. The van der Waals surface area contributed by atoms with Gasteiger partial charge >= 0.3 is 6.18 Å². The lowest BCUT2D eigenvalue weighted by Crippen LogP contribution is -2.05. The van der Waals surface area contributed by atoms with E-state index >= 15 is 0 Å². The molecule has 0 aliphatic heterocycles. The molecule has 2 heterocycles. The van der Waals surface area contributed by atoms with E-state index in [1.54, 1.807) is 18.3 Å². The molecule has 0 unspecified atom stereocenters. The summed E-state index contributed by atoms with van der Waals surface area (Å²) in [7, 11) is 0. The van der Waals surface area contributed by atoms with Crippen LogP contribution in [0.1, 0.15) is 11.1 Å². The fraction of sp³-hybridized carbons (Fsp3) is 0.250. The highest BCUT2D eigenvalue weighted by atomic mass is 19.4. The molecular formula is C16H14F3N3O2. The zero-order valence-electron chi connectivity index (χ0n) is 12.7. The van der Waals surface area contributed by atoms with Crippen molar-refractivity contribution in [3.63, 3.8) is 0 Å². The first-order chi connectivity index (χ1) is 11.3. The Morgan fingerprint density at radius 3 is 2.58 bits per heavy atom. The number of phenolic OH excluding ortho intramolecular Hbond substituents is 1. The molecule has 0 amide bonds. The number of fused-ring (bicyclic) bond motifs is 1. The third-order valence-corrected chi connectivity index (χ3v) is 3.64. The number of nitrogens with zero attached hydrogens (tertiary/aromatic N) is 3. The van der Waals surface area contributed by atoms with Crippen molar-refractivity contribution >= 4 is 11.0 Å². The van der Waals surface area contributed by atoms with Gasteiger partial charge in [0.15, 0.2) is 5.65 Å². The molecule has 0 aliphatic rings. The van der Waals surface area contributed by atoms with E-state index in [0.717, 1.165) is 11.5 Å². The summed E-state index contributed by atoms with van der Waals surface area (Å²) in [4.78, 5) is 4.31. The van der Waals surface area contributed by atoms with E-state index in [-0.39, 0.29) is 17.7 Å². The molecule has 0 aliphatic carbocycles. The zero-order valence-corrected chi connectivity index (χ0v) is 12.7. The van der Waals surface area contributed by atoms with E-state index in [4.69, 9.17) is 5.11 Å². The highest BCUT2D eigenvalue weighted by Crippen LogP contribution is 2.38. The van der Waals surface area contributed by atoms with Crippen molar-refractivity contribution in [2.24, 2.45) is 0 Å². The van der Waals surface area contributed by atoms with Crippen molar-refractivity contribution in [3.8, 4) is 17.0 Å². The van der Waals surface area contributed by atoms with Gasteiger partial charge in [-0.05, 0) is 36.8 Å². The number of aromatic hydroxyl groups is 1. The highest BCUT2D eigenvalue weighted by molar-refractivity contribution is 5.80. The van der Waals surface area contributed by atoms with E-state index in [2.05, 4.69) is 10.1 Å². The van der Waals surface area contributed by atoms with E-state index in [1.807, 2.05) is 0 Å². The van der Waals surface area contributed by atoms with Gasteiger partial charge in [-0.15, -0.1) is 0 Å². The van der Waals surface area contributed by atoms with Crippen LogP contribution in [-0.4, -0.2) is 31.6 Å². The molecule has 5 nitrogen and oxygen atoms in total. The van der Waals surface area contributed by atoms with E-state index < -0.39 is 17.5 Å². The number of pyridine rings is 1. The Morgan fingerprint density at radius 2 is 1.96 bits per heavy atom. The predicted molar refractivity (Wildman–Crippen MR) is 81.5 cm³/mol. The molecule has 0 radical (unpaired) electrons. The van der Waals surface area contributed by atoms with Crippen LogP contribution in [0.15, 0.2) is 30.5 Å². The number of phenols is 1. The number of hydrogen-bond donors (Lipinski definition) is 2. The molecule has 0 fully saturated rings. The molecule has 0 bridgehead atoms.